The monoisotopic (exact) mass is 336 g/mol. The maximum atomic E-state index is 12.6. The average Bonchev–Trinajstić information content (AvgIpc) is 2.50. The van der Waals surface area contributed by atoms with Crippen LogP contribution in [0.25, 0.3) is 0 Å². The van der Waals surface area contributed by atoms with E-state index in [1.54, 1.807) is 13.8 Å². The van der Waals surface area contributed by atoms with Crippen LogP contribution in [0.3, 0.4) is 0 Å². The van der Waals surface area contributed by atoms with Crippen molar-refractivity contribution >= 4 is 18.0 Å². The third-order valence-electron chi connectivity index (χ3n) is 6.78. The van der Waals surface area contributed by atoms with Gasteiger partial charge in [-0.2, -0.15) is 0 Å². The molecule has 5 fully saturated rings. The molecule has 2 unspecified atom stereocenters. The molecule has 1 aliphatic heterocycles. The van der Waals surface area contributed by atoms with Crippen LogP contribution in [0.4, 0.5) is 4.79 Å². The molecule has 24 heavy (non-hydrogen) atoms. The predicted molar refractivity (Wildman–Crippen MR) is 82.6 cm³/mol. The van der Waals surface area contributed by atoms with E-state index in [2.05, 4.69) is 0 Å². The van der Waals surface area contributed by atoms with Crippen LogP contribution in [0.5, 0.6) is 0 Å². The highest BCUT2D eigenvalue weighted by Gasteiger charge is 2.66. The lowest BCUT2D eigenvalue weighted by Crippen LogP contribution is -2.81. The second-order valence-corrected chi connectivity index (χ2v) is 8.54. The number of nitrogens with zero attached hydrogens (tertiary/aromatic N) is 2. The Kier molecular flexibility index (Phi) is 3.04. The zero-order valence-corrected chi connectivity index (χ0v) is 14.3. The van der Waals surface area contributed by atoms with Crippen LogP contribution in [0.1, 0.15) is 46.0 Å². The SMILES string of the molecule is COC(=O)C12CC3CC(C1)C(N1C(=O)C(C)(C)N1C(=O)O)C(C3)C2. The van der Waals surface area contributed by atoms with Gasteiger partial charge in [-0.3, -0.25) is 9.59 Å². The van der Waals surface area contributed by atoms with Crippen molar-refractivity contribution in [2.45, 2.75) is 57.5 Å². The van der Waals surface area contributed by atoms with Crippen molar-refractivity contribution < 1.29 is 24.2 Å². The quantitative estimate of drug-likeness (QED) is 0.778. The van der Waals surface area contributed by atoms with Gasteiger partial charge in [0.25, 0.3) is 5.91 Å². The Morgan fingerprint density at radius 2 is 1.75 bits per heavy atom. The third kappa shape index (κ3) is 1.75. The second kappa shape index (κ2) is 4.64. The van der Waals surface area contributed by atoms with E-state index in [-0.39, 0.29) is 29.8 Å². The second-order valence-electron chi connectivity index (χ2n) is 8.54. The smallest absolute Gasteiger partial charge is 0.427 e. The van der Waals surface area contributed by atoms with Crippen molar-refractivity contribution in [1.29, 1.82) is 0 Å². The number of rotatable bonds is 2. The molecule has 1 saturated heterocycles. The fraction of sp³-hybridized carbons (Fsp3) is 0.824. The van der Waals surface area contributed by atoms with E-state index in [4.69, 9.17) is 4.74 Å². The van der Waals surface area contributed by atoms with Crippen molar-refractivity contribution in [3.63, 3.8) is 0 Å². The van der Waals surface area contributed by atoms with Gasteiger partial charge in [0.15, 0.2) is 0 Å². The van der Waals surface area contributed by atoms with Crippen molar-refractivity contribution in [2.24, 2.45) is 23.2 Å². The predicted octanol–water partition coefficient (Wildman–Crippen LogP) is 1.87. The Labute approximate surface area is 140 Å². The van der Waals surface area contributed by atoms with Gasteiger partial charge < -0.3 is 9.84 Å². The van der Waals surface area contributed by atoms with Gasteiger partial charge in [-0.25, -0.2) is 14.8 Å². The van der Waals surface area contributed by atoms with Crippen LogP contribution in [-0.4, -0.2) is 51.8 Å². The van der Waals surface area contributed by atoms with Gasteiger partial charge in [-0.05, 0) is 63.7 Å². The zero-order chi connectivity index (χ0) is 17.4. The third-order valence-corrected chi connectivity index (χ3v) is 6.78. The summed E-state index contributed by atoms with van der Waals surface area (Å²) in [5.74, 6) is 0.579. The lowest BCUT2D eigenvalue weighted by molar-refractivity contribution is -0.240. The molecule has 5 rings (SSSR count). The Bertz CT molecular complexity index is 614. The molecule has 7 heteroatoms. The summed E-state index contributed by atoms with van der Waals surface area (Å²) < 4.78 is 5.06. The minimum absolute atomic E-state index is 0.101. The van der Waals surface area contributed by atoms with Gasteiger partial charge >= 0.3 is 12.1 Å². The molecule has 7 nitrogen and oxygen atoms in total. The molecule has 4 saturated carbocycles. The van der Waals surface area contributed by atoms with Gasteiger partial charge in [-0.15, -0.1) is 0 Å². The lowest BCUT2D eigenvalue weighted by Gasteiger charge is -2.65. The Hall–Kier alpha value is -1.79. The molecule has 0 radical (unpaired) electrons. The lowest BCUT2D eigenvalue weighted by atomic mass is 9.47. The number of esters is 1. The van der Waals surface area contributed by atoms with Crippen LogP contribution >= 0.6 is 0 Å². The summed E-state index contributed by atoms with van der Waals surface area (Å²) in [7, 11) is 1.44. The van der Waals surface area contributed by atoms with Crippen LogP contribution in [0.2, 0.25) is 0 Å². The molecular formula is C17H24N2O5. The first kappa shape index (κ1) is 15.7. The summed E-state index contributed by atoms with van der Waals surface area (Å²) in [6.45, 7) is 3.29. The number of hydrazine groups is 1. The average molecular weight is 336 g/mol. The van der Waals surface area contributed by atoms with E-state index in [1.165, 1.54) is 17.1 Å². The molecule has 0 aromatic rings. The number of ether oxygens (including phenoxy) is 1. The summed E-state index contributed by atoms with van der Waals surface area (Å²) >= 11 is 0. The van der Waals surface area contributed by atoms with Crippen LogP contribution < -0.4 is 0 Å². The number of carbonyl (C=O) groups excluding carboxylic acids is 2. The number of amides is 2. The Morgan fingerprint density at radius 3 is 2.25 bits per heavy atom. The van der Waals surface area contributed by atoms with E-state index >= 15 is 0 Å². The van der Waals surface area contributed by atoms with Gasteiger partial charge in [0.2, 0.25) is 0 Å². The molecule has 0 aromatic carbocycles. The normalized spacial score (nSPS) is 42.0. The van der Waals surface area contributed by atoms with Gasteiger partial charge in [0.05, 0.1) is 18.6 Å². The molecule has 1 N–H and O–H groups in total. The number of hydrogen-bond acceptors (Lipinski definition) is 4. The first-order valence-corrected chi connectivity index (χ1v) is 8.66. The summed E-state index contributed by atoms with van der Waals surface area (Å²) in [4.78, 5) is 36.6. The van der Waals surface area contributed by atoms with E-state index in [1.807, 2.05) is 0 Å². The maximum Gasteiger partial charge on any atom is 0.427 e. The van der Waals surface area contributed by atoms with Crippen molar-refractivity contribution in [3.8, 4) is 0 Å². The van der Waals surface area contributed by atoms with Crippen LogP contribution in [0.15, 0.2) is 0 Å². The fourth-order valence-electron chi connectivity index (χ4n) is 6.15. The first-order valence-electron chi connectivity index (χ1n) is 8.66. The molecule has 4 aliphatic carbocycles. The molecule has 1 heterocycles. The highest BCUT2D eigenvalue weighted by atomic mass is 16.5. The molecule has 0 aromatic heterocycles. The van der Waals surface area contributed by atoms with Crippen LogP contribution in [0, 0.1) is 23.2 Å². The summed E-state index contributed by atoms with van der Waals surface area (Å²) in [6, 6.07) is -0.101. The van der Waals surface area contributed by atoms with Gasteiger partial charge in [-0.1, -0.05) is 0 Å². The molecule has 0 spiro atoms. The molecule has 2 amide bonds. The molecule has 5 aliphatic rings. The van der Waals surface area contributed by atoms with Crippen molar-refractivity contribution in [3.05, 3.63) is 0 Å². The standard InChI is InChI=1S/C17H24N2O5/c1-16(2)13(20)18(19(16)15(22)23)12-10-4-9-5-11(12)8-17(6-9,7-10)14(21)24-3/h9-12H,4-8H2,1-3H3,(H,22,23). The van der Waals surface area contributed by atoms with Crippen LogP contribution in [-0.2, 0) is 14.3 Å². The number of carboxylic acid groups (broad SMARTS) is 1. The van der Waals surface area contributed by atoms with Crippen molar-refractivity contribution in [1.82, 2.24) is 10.0 Å². The highest BCUT2D eigenvalue weighted by molar-refractivity contribution is 5.96. The summed E-state index contributed by atoms with van der Waals surface area (Å²) in [5.41, 5.74) is -1.42. The number of hydrogen-bond donors (Lipinski definition) is 1. The molecule has 132 valence electrons. The molecular weight excluding hydrogens is 312 g/mol. The van der Waals surface area contributed by atoms with Gasteiger partial charge in [0.1, 0.15) is 5.54 Å². The first-order chi connectivity index (χ1) is 11.2. The minimum Gasteiger partial charge on any atom is -0.469 e. The highest BCUT2D eigenvalue weighted by Crippen LogP contribution is 2.62. The molecule has 2 atom stereocenters. The minimum atomic E-state index is -1.09. The summed E-state index contributed by atoms with van der Waals surface area (Å²) in [6.07, 6.45) is 3.14. The summed E-state index contributed by atoms with van der Waals surface area (Å²) in [5, 5.41) is 12.2. The van der Waals surface area contributed by atoms with Crippen molar-refractivity contribution in [2.75, 3.05) is 7.11 Å². The largest absolute Gasteiger partial charge is 0.469 e. The maximum absolute atomic E-state index is 12.6. The number of carbonyl (C=O) groups is 3. The van der Waals surface area contributed by atoms with E-state index in [0.29, 0.717) is 18.8 Å². The van der Waals surface area contributed by atoms with Gasteiger partial charge in [0, 0.05) is 0 Å². The number of methoxy groups -OCH3 is 1. The van der Waals surface area contributed by atoms with E-state index in [9.17, 15) is 19.5 Å². The topological polar surface area (TPSA) is 87.2 Å². The Balaban J connectivity index is 1.65. The Morgan fingerprint density at radius 1 is 1.17 bits per heavy atom. The van der Waals surface area contributed by atoms with E-state index in [0.717, 1.165) is 19.3 Å². The molecule has 4 bridgehead atoms. The van der Waals surface area contributed by atoms with E-state index < -0.39 is 17.0 Å². The zero-order valence-electron chi connectivity index (χ0n) is 14.3. The fourth-order valence-corrected chi connectivity index (χ4v) is 6.15.